The van der Waals surface area contributed by atoms with Crippen LogP contribution in [-0.2, 0) is 14.3 Å². The van der Waals surface area contributed by atoms with Crippen molar-refractivity contribution < 1.29 is 24.5 Å². The standard InChI is InChI=1S/C21H34O5/c1-19-8-7-14-12(13(19)5-6-17(19)23)9-18(26-4)21(24)11-16(25-3)15(22)10-20(14,21)2/h12-16,18,22,24H,5-11H2,1-4H3/t12-,13-,14-,15-,16-,18+,19-,20+,21-/m0/s1. The van der Waals surface area contributed by atoms with E-state index in [0.29, 0.717) is 42.8 Å². The Hall–Kier alpha value is -0.490. The SMILES string of the molecule is CO[C@H]1C[C@]2(O)[C@H](OC)C[C@H]3[C@@H]4CCC(=O)[C@@]4(C)CC[C@@H]3[C@@]2(C)C[C@@H]1O. The molecule has 0 amide bonds. The topological polar surface area (TPSA) is 76.0 Å². The maximum Gasteiger partial charge on any atom is 0.139 e. The highest BCUT2D eigenvalue weighted by atomic mass is 16.5. The molecule has 9 atom stereocenters. The smallest absolute Gasteiger partial charge is 0.139 e. The number of carbonyl (C=O) groups excluding carboxylic acids is 1. The Balaban J connectivity index is 1.74. The van der Waals surface area contributed by atoms with Crippen LogP contribution in [0, 0.1) is 28.6 Å². The number of aliphatic hydroxyl groups excluding tert-OH is 1. The summed E-state index contributed by atoms with van der Waals surface area (Å²) in [4.78, 5) is 12.6. The van der Waals surface area contributed by atoms with Crippen molar-refractivity contribution in [2.24, 2.45) is 28.6 Å². The van der Waals surface area contributed by atoms with Crippen LogP contribution in [0.3, 0.4) is 0 Å². The second kappa shape index (κ2) is 6.00. The number of Topliss-reactive ketones (excluding diaryl/α,β-unsaturated/α-hetero) is 1. The van der Waals surface area contributed by atoms with Crippen molar-refractivity contribution in [2.45, 2.75) is 82.7 Å². The Labute approximate surface area is 156 Å². The van der Waals surface area contributed by atoms with Gasteiger partial charge in [0, 0.05) is 37.9 Å². The van der Waals surface area contributed by atoms with Crippen molar-refractivity contribution in [3.8, 4) is 0 Å². The summed E-state index contributed by atoms with van der Waals surface area (Å²) in [6.07, 6.45) is 4.04. The summed E-state index contributed by atoms with van der Waals surface area (Å²) in [6.45, 7) is 4.30. The van der Waals surface area contributed by atoms with E-state index in [4.69, 9.17) is 9.47 Å². The van der Waals surface area contributed by atoms with Gasteiger partial charge < -0.3 is 19.7 Å². The van der Waals surface area contributed by atoms with Gasteiger partial charge in [-0.2, -0.15) is 0 Å². The molecule has 0 aromatic rings. The van der Waals surface area contributed by atoms with Crippen LogP contribution in [0.15, 0.2) is 0 Å². The van der Waals surface area contributed by atoms with E-state index in [9.17, 15) is 15.0 Å². The summed E-state index contributed by atoms with van der Waals surface area (Å²) >= 11 is 0. The van der Waals surface area contributed by atoms with E-state index in [1.165, 1.54) is 0 Å². The fraction of sp³-hybridized carbons (Fsp3) is 0.952. The van der Waals surface area contributed by atoms with Crippen molar-refractivity contribution in [3.63, 3.8) is 0 Å². The first kappa shape index (κ1) is 18.9. The van der Waals surface area contributed by atoms with Gasteiger partial charge in [0.05, 0.1) is 23.9 Å². The normalized spacial score (nSPS) is 56.6. The summed E-state index contributed by atoms with van der Waals surface area (Å²) in [5, 5.41) is 22.5. The van der Waals surface area contributed by atoms with Gasteiger partial charge >= 0.3 is 0 Å². The molecule has 26 heavy (non-hydrogen) atoms. The number of methoxy groups -OCH3 is 2. The van der Waals surface area contributed by atoms with Crippen molar-refractivity contribution in [1.29, 1.82) is 0 Å². The molecule has 0 saturated heterocycles. The van der Waals surface area contributed by atoms with Crippen LogP contribution < -0.4 is 0 Å². The van der Waals surface area contributed by atoms with Crippen LogP contribution in [0.2, 0.25) is 0 Å². The van der Waals surface area contributed by atoms with Gasteiger partial charge in [-0.1, -0.05) is 13.8 Å². The lowest BCUT2D eigenvalue weighted by molar-refractivity contribution is -0.284. The van der Waals surface area contributed by atoms with Crippen LogP contribution in [0.25, 0.3) is 0 Å². The summed E-state index contributed by atoms with van der Waals surface area (Å²) in [5.41, 5.74) is -1.62. The third-order valence-corrected chi connectivity index (χ3v) is 9.13. The monoisotopic (exact) mass is 366 g/mol. The summed E-state index contributed by atoms with van der Waals surface area (Å²) < 4.78 is 11.3. The van der Waals surface area contributed by atoms with Gasteiger partial charge in [0.25, 0.3) is 0 Å². The highest BCUT2D eigenvalue weighted by Gasteiger charge is 2.69. The Morgan fingerprint density at radius 3 is 2.46 bits per heavy atom. The molecule has 0 bridgehead atoms. The third-order valence-electron chi connectivity index (χ3n) is 9.13. The highest BCUT2D eigenvalue weighted by molar-refractivity contribution is 5.87. The third kappa shape index (κ3) is 2.20. The average Bonchev–Trinajstić information content (AvgIpc) is 2.90. The van der Waals surface area contributed by atoms with Crippen molar-refractivity contribution in [3.05, 3.63) is 0 Å². The molecule has 0 aromatic carbocycles. The molecule has 2 N–H and O–H groups in total. The number of carbonyl (C=O) groups is 1. The Bertz CT molecular complexity index is 593. The first-order valence-electron chi connectivity index (χ1n) is 10.2. The Kier molecular flexibility index (Phi) is 4.35. The van der Waals surface area contributed by atoms with Crippen LogP contribution in [0.4, 0.5) is 0 Å². The van der Waals surface area contributed by atoms with E-state index in [1.54, 1.807) is 14.2 Å². The highest BCUT2D eigenvalue weighted by Crippen LogP contribution is 2.67. The number of ether oxygens (including phenoxy) is 2. The predicted octanol–water partition coefficient (Wildman–Crippen LogP) is 2.32. The minimum atomic E-state index is -1.00. The molecule has 0 radical (unpaired) electrons. The first-order chi connectivity index (χ1) is 12.2. The van der Waals surface area contributed by atoms with E-state index >= 15 is 0 Å². The lowest BCUT2D eigenvalue weighted by Gasteiger charge is -2.66. The average molecular weight is 366 g/mol. The van der Waals surface area contributed by atoms with Crippen molar-refractivity contribution in [2.75, 3.05) is 14.2 Å². The van der Waals surface area contributed by atoms with Gasteiger partial charge in [0.2, 0.25) is 0 Å². The van der Waals surface area contributed by atoms with Crippen LogP contribution in [0.5, 0.6) is 0 Å². The second-order valence-corrected chi connectivity index (χ2v) is 9.85. The minimum absolute atomic E-state index is 0.201. The van der Waals surface area contributed by atoms with Gasteiger partial charge in [-0.3, -0.25) is 4.79 Å². The molecule has 4 aliphatic rings. The maximum atomic E-state index is 12.6. The second-order valence-electron chi connectivity index (χ2n) is 9.85. The molecule has 0 aromatic heterocycles. The number of hydrogen-bond acceptors (Lipinski definition) is 5. The number of rotatable bonds is 2. The van der Waals surface area contributed by atoms with Crippen LogP contribution >= 0.6 is 0 Å². The molecule has 0 aliphatic heterocycles. The molecule has 5 heteroatoms. The van der Waals surface area contributed by atoms with Crippen LogP contribution in [-0.4, -0.2) is 54.1 Å². The molecule has 4 rings (SSSR count). The summed E-state index contributed by atoms with van der Waals surface area (Å²) in [6, 6.07) is 0. The lowest BCUT2D eigenvalue weighted by Crippen LogP contribution is -2.71. The van der Waals surface area contributed by atoms with Gasteiger partial charge in [0.1, 0.15) is 5.78 Å². The molecule has 0 spiro atoms. The zero-order chi connectivity index (χ0) is 18.9. The molecule has 5 nitrogen and oxygen atoms in total. The van der Waals surface area contributed by atoms with Crippen LogP contribution in [0.1, 0.15) is 58.8 Å². The summed E-state index contributed by atoms with van der Waals surface area (Å²) in [5.74, 6) is 1.49. The zero-order valence-corrected chi connectivity index (χ0v) is 16.5. The molecular formula is C21H34O5. The van der Waals surface area contributed by atoms with E-state index in [1.807, 2.05) is 0 Å². The molecule has 4 fully saturated rings. The minimum Gasteiger partial charge on any atom is -0.390 e. The maximum absolute atomic E-state index is 12.6. The quantitative estimate of drug-likeness (QED) is 0.784. The Morgan fingerprint density at radius 1 is 1.08 bits per heavy atom. The van der Waals surface area contributed by atoms with E-state index < -0.39 is 17.1 Å². The number of ketones is 1. The van der Waals surface area contributed by atoms with Gasteiger partial charge in [-0.25, -0.2) is 0 Å². The Morgan fingerprint density at radius 2 is 1.81 bits per heavy atom. The molecule has 0 unspecified atom stereocenters. The molecule has 4 saturated carbocycles. The number of hydrogen-bond donors (Lipinski definition) is 2. The largest absolute Gasteiger partial charge is 0.390 e. The van der Waals surface area contributed by atoms with Crippen molar-refractivity contribution in [1.82, 2.24) is 0 Å². The van der Waals surface area contributed by atoms with E-state index in [-0.39, 0.29) is 17.6 Å². The van der Waals surface area contributed by atoms with Gasteiger partial charge in [-0.05, 0) is 49.9 Å². The molecule has 148 valence electrons. The lowest BCUT2D eigenvalue weighted by atomic mass is 9.42. The fourth-order valence-corrected chi connectivity index (χ4v) is 7.54. The fourth-order valence-electron chi connectivity index (χ4n) is 7.54. The molecular weight excluding hydrogens is 332 g/mol. The number of fused-ring (bicyclic) bond motifs is 5. The van der Waals surface area contributed by atoms with Gasteiger partial charge in [0.15, 0.2) is 0 Å². The number of aliphatic hydroxyl groups is 2. The van der Waals surface area contributed by atoms with Gasteiger partial charge in [-0.15, -0.1) is 0 Å². The van der Waals surface area contributed by atoms with E-state index in [2.05, 4.69) is 13.8 Å². The predicted molar refractivity (Wildman–Crippen MR) is 96.6 cm³/mol. The molecule has 0 heterocycles. The zero-order valence-electron chi connectivity index (χ0n) is 16.5. The first-order valence-corrected chi connectivity index (χ1v) is 10.2. The molecule has 4 aliphatic carbocycles. The summed E-state index contributed by atoms with van der Waals surface area (Å²) in [7, 11) is 3.28. The van der Waals surface area contributed by atoms with Crippen molar-refractivity contribution >= 4 is 5.78 Å². The van der Waals surface area contributed by atoms with E-state index in [0.717, 1.165) is 25.7 Å².